The first-order valence-corrected chi connectivity index (χ1v) is 6.41. The molecular formula is C15H13F2N3O2. The van der Waals surface area contributed by atoms with Gasteiger partial charge in [0.15, 0.2) is 11.6 Å². The van der Waals surface area contributed by atoms with Crippen LogP contribution in [0.3, 0.4) is 0 Å². The van der Waals surface area contributed by atoms with Crippen LogP contribution in [-0.4, -0.2) is 23.3 Å². The molecule has 0 atom stereocenters. The topological polar surface area (TPSA) is 71.1 Å². The lowest BCUT2D eigenvalue weighted by Crippen LogP contribution is -2.33. The third-order valence-corrected chi connectivity index (χ3v) is 2.77. The summed E-state index contributed by atoms with van der Waals surface area (Å²) < 4.78 is 25.8. The number of amides is 2. The molecule has 0 aliphatic carbocycles. The number of benzene rings is 1. The second kappa shape index (κ2) is 6.75. The number of carbonyl (C=O) groups excluding carboxylic acids is 2. The quantitative estimate of drug-likeness (QED) is 0.908. The summed E-state index contributed by atoms with van der Waals surface area (Å²) in [5, 5.41) is 4.81. The fraction of sp³-hybridized carbons (Fsp3) is 0.133. The molecule has 22 heavy (non-hydrogen) atoms. The summed E-state index contributed by atoms with van der Waals surface area (Å²) in [7, 11) is 0. The van der Waals surface area contributed by atoms with Gasteiger partial charge in [0, 0.05) is 11.8 Å². The minimum atomic E-state index is -1.12. The smallest absolute Gasteiger partial charge is 0.251 e. The zero-order valence-corrected chi connectivity index (χ0v) is 11.7. The van der Waals surface area contributed by atoms with E-state index in [1.165, 1.54) is 0 Å². The van der Waals surface area contributed by atoms with Crippen molar-refractivity contribution in [2.45, 2.75) is 6.92 Å². The van der Waals surface area contributed by atoms with Gasteiger partial charge in [-0.15, -0.1) is 0 Å². The third-order valence-electron chi connectivity index (χ3n) is 2.77. The van der Waals surface area contributed by atoms with Gasteiger partial charge in [0.1, 0.15) is 5.82 Å². The number of aryl methyl sites for hydroxylation is 1. The molecule has 0 saturated heterocycles. The van der Waals surface area contributed by atoms with Crippen molar-refractivity contribution in [3.05, 3.63) is 59.3 Å². The van der Waals surface area contributed by atoms with E-state index in [1.54, 1.807) is 18.3 Å². The molecule has 0 radical (unpaired) electrons. The second-order valence-corrected chi connectivity index (χ2v) is 4.58. The summed E-state index contributed by atoms with van der Waals surface area (Å²) in [5.41, 5.74) is 0.879. The van der Waals surface area contributed by atoms with Gasteiger partial charge < -0.3 is 10.6 Å². The van der Waals surface area contributed by atoms with Gasteiger partial charge in [-0.1, -0.05) is 6.07 Å². The Bertz CT molecular complexity index is 702. The molecule has 7 heteroatoms. The predicted octanol–water partition coefficient (Wildman–Crippen LogP) is 2.04. The first kappa shape index (κ1) is 15.6. The fourth-order valence-electron chi connectivity index (χ4n) is 1.63. The molecule has 2 rings (SSSR count). The van der Waals surface area contributed by atoms with E-state index in [-0.39, 0.29) is 12.1 Å². The highest BCUT2D eigenvalue weighted by Gasteiger charge is 2.11. The van der Waals surface area contributed by atoms with Gasteiger partial charge in [-0.05, 0) is 36.8 Å². The minimum absolute atomic E-state index is 0.0693. The maximum absolute atomic E-state index is 13.0. The third kappa shape index (κ3) is 4.08. The second-order valence-electron chi connectivity index (χ2n) is 4.58. The van der Waals surface area contributed by atoms with E-state index in [0.29, 0.717) is 5.82 Å². The summed E-state index contributed by atoms with van der Waals surface area (Å²) in [4.78, 5) is 27.4. The van der Waals surface area contributed by atoms with Gasteiger partial charge in [0.05, 0.1) is 6.54 Å². The molecule has 114 valence electrons. The molecule has 1 aromatic heterocycles. The standard InChI is InChI=1S/C15H13F2N3O2/c1-9-2-5-13(18-7-9)20-14(21)8-19-15(22)10-3-4-11(16)12(17)6-10/h2-7H,8H2,1H3,(H,19,22)(H,18,20,21). The molecule has 5 nitrogen and oxygen atoms in total. The number of nitrogens with zero attached hydrogens (tertiary/aromatic N) is 1. The van der Waals surface area contributed by atoms with Crippen molar-refractivity contribution >= 4 is 17.6 Å². The Balaban J connectivity index is 1.88. The van der Waals surface area contributed by atoms with Crippen LogP contribution >= 0.6 is 0 Å². The van der Waals surface area contributed by atoms with Crippen LogP contribution < -0.4 is 10.6 Å². The summed E-state index contributed by atoms with van der Waals surface area (Å²) >= 11 is 0. The SMILES string of the molecule is Cc1ccc(NC(=O)CNC(=O)c2ccc(F)c(F)c2)nc1. The molecule has 2 amide bonds. The summed E-state index contributed by atoms with van der Waals surface area (Å²) in [6, 6.07) is 6.16. The number of rotatable bonds is 4. The number of hydrogen-bond acceptors (Lipinski definition) is 3. The molecule has 0 bridgehead atoms. The number of pyridine rings is 1. The van der Waals surface area contributed by atoms with Crippen molar-refractivity contribution < 1.29 is 18.4 Å². The molecule has 2 aromatic rings. The Kier molecular flexibility index (Phi) is 4.77. The average Bonchev–Trinajstić information content (AvgIpc) is 2.50. The average molecular weight is 305 g/mol. The van der Waals surface area contributed by atoms with E-state index in [1.807, 2.05) is 6.92 Å². The maximum Gasteiger partial charge on any atom is 0.251 e. The molecule has 2 N–H and O–H groups in total. The van der Waals surface area contributed by atoms with Gasteiger partial charge in [0.25, 0.3) is 5.91 Å². The number of anilines is 1. The van der Waals surface area contributed by atoms with Crippen LogP contribution in [-0.2, 0) is 4.79 Å². The number of hydrogen-bond donors (Lipinski definition) is 2. The molecule has 0 unspecified atom stereocenters. The largest absolute Gasteiger partial charge is 0.343 e. The number of nitrogens with one attached hydrogen (secondary N) is 2. The zero-order valence-electron chi connectivity index (χ0n) is 11.7. The molecule has 1 heterocycles. The maximum atomic E-state index is 13.0. The Labute approximate surface area is 125 Å². The Hall–Kier alpha value is -2.83. The monoisotopic (exact) mass is 305 g/mol. The Morgan fingerprint density at radius 1 is 1.14 bits per heavy atom. The van der Waals surface area contributed by atoms with Gasteiger partial charge in [0.2, 0.25) is 5.91 Å². The zero-order chi connectivity index (χ0) is 16.1. The lowest BCUT2D eigenvalue weighted by atomic mass is 10.2. The van der Waals surface area contributed by atoms with Crippen LogP contribution in [0.1, 0.15) is 15.9 Å². The van der Waals surface area contributed by atoms with Crippen LogP contribution in [0.15, 0.2) is 36.5 Å². The molecule has 0 fully saturated rings. The predicted molar refractivity (Wildman–Crippen MR) is 76.3 cm³/mol. The van der Waals surface area contributed by atoms with Gasteiger partial charge in [-0.25, -0.2) is 13.8 Å². The van der Waals surface area contributed by atoms with Crippen LogP contribution in [0, 0.1) is 18.6 Å². The Morgan fingerprint density at radius 2 is 1.91 bits per heavy atom. The van der Waals surface area contributed by atoms with Crippen molar-refractivity contribution in [3.8, 4) is 0 Å². The first-order chi connectivity index (χ1) is 10.5. The summed E-state index contributed by atoms with van der Waals surface area (Å²) in [5.74, 6) is -2.96. The Morgan fingerprint density at radius 3 is 2.55 bits per heavy atom. The molecule has 0 saturated carbocycles. The minimum Gasteiger partial charge on any atom is -0.343 e. The highest BCUT2D eigenvalue weighted by molar-refractivity contribution is 5.99. The van der Waals surface area contributed by atoms with Crippen molar-refractivity contribution in [1.82, 2.24) is 10.3 Å². The van der Waals surface area contributed by atoms with Crippen molar-refractivity contribution in [1.29, 1.82) is 0 Å². The van der Waals surface area contributed by atoms with Gasteiger partial charge >= 0.3 is 0 Å². The van der Waals surface area contributed by atoms with Crippen LogP contribution in [0.5, 0.6) is 0 Å². The highest BCUT2D eigenvalue weighted by atomic mass is 19.2. The van der Waals surface area contributed by atoms with Gasteiger partial charge in [-0.2, -0.15) is 0 Å². The molecule has 0 aliphatic heterocycles. The number of carbonyl (C=O) groups is 2. The molecular weight excluding hydrogens is 292 g/mol. The van der Waals surface area contributed by atoms with Crippen molar-refractivity contribution in [2.24, 2.45) is 0 Å². The fourth-order valence-corrected chi connectivity index (χ4v) is 1.63. The summed E-state index contributed by atoms with van der Waals surface area (Å²) in [6.07, 6.45) is 1.59. The van der Waals surface area contributed by atoms with E-state index in [2.05, 4.69) is 15.6 Å². The lowest BCUT2D eigenvalue weighted by molar-refractivity contribution is -0.115. The van der Waals surface area contributed by atoms with Crippen LogP contribution in [0.4, 0.5) is 14.6 Å². The normalized spacial score (nSPS) is 10.1. The van der Waals surface area contributed by atoms with Gasteiger partial charge in [-0.3, -0.25) is 9.59 Å². The lowest BCUT2D eigenvalue weighted by Gasteiger charge is -2.07. The van der Waals surface area contributed by atoms with E-state index in [0.717, 1.165) is 23.8 Å². The molecule has 1 aromatic carbocycles. The number of halogens is 2. The van der Waals surface area contributed by atoms with Crippen LogP contribution in [0.25, 0.3) is 0 Å². The van der Waals surface area contributed by atoms with E-state index in [9.17, 15) is 18.4 Å². The van der Waals surface area contributed by atoms with E-state index in [4.69, 9.17) is 0 Å². The first-order valence-electron chi connectivity index (χ1n) is 6.41. The highest BCUT2D eigenvalue weighted by Crippen LogP contribution is 2.08. The van der Waals surface area contributed by atoms with Crippen molar-refractivity contribution in [2.75, 3.05) is 11.9 Å². The molecule has 0 aliphatic rings. The summed E-state index contributed by atoms with van der Waals surface area (Å²) in [6.45, 7) is 1.55. The van der Waals surface area contributed by atoms with E-state index < -0.39 is 23.4 Å². The van der Waals surface area contributed by atoms with Crippen LogP contribution in [0.2, 0.25) is 0 Å². The molecule has 0 spiro atoms. The number of aromatic nitrogens is 1. The van der Waals surface area contributed by atoms with Crippen molar-refractivity contribution in [3.63, 3.8) is 0 Å². The van der Waals surface area contributed by atoms with E-state index >= 15 is 0 Å².